The van der Waals surface area contributed by atoms with E-state index in [0.29, 0.717) is 0 Å². The Hall–Kier alpha value is -1.81. The van der Waals surface area contributed by atoms with Gasteiger partial charge in [-0.15, -0.1) is 0 Å². The molecule has 80 valence electrons. The molecule has 0 fully saturated rings. The van der Waals surface area contributed by atoms with E-state index in [-0.39, 0.29) is 11.8 Å². The molecule has 0 saturated heterocycles. The molecular weight excluding hydrogens is 204 g/mol. The SMILES string of the molecule is C[C@H](N=[N+]=[N-])c1ccc(OC(F)F)cc1. The first-order chi connectivity index (χ1) is 7.13. The molecule has 0 N–H and O–H groups in total. The highest BCUT2D eigenvalue weighted by Gasteiger charge is 2.05. The standard InChI is InChI=1S/C9H9F2N3O/c1-6(13-14-12)7-2-4-8(5-3-7)15-9(10)11/h2-6,9H,1H3/t6-/m0/s1. The Bertz CT molecular complexity index is 360. The molecule has 0 bridgehead atoms. The predicted molar refractivity (Wildman–Crippen MR) is 50.6 cm³/mol. The summed E-state index contributed by atoms with van der Waals surface area (Å²) in [5.74, 6) is 0.0851. The molecule has 1 aromatic carbocycles. The molecule has 0 aliphatic heterocycles. The van der Waals surface area contributed by atoms with Gasteiger partial charge in [-0.2, -0.15) is 8.78 Å². The fourth-order valence-corrected chi connectivity index (χ4v) is 1.07. The molecule has 0 aromatic heterocycles. The van der Waals surface area contributed by atoms with Crippen LogP contribution < -0.4 is 4.74 Å². The maximum atomic E-state index is 11.8. The molecule has 4 nitrogen and oxygen atoms in total. The number of hydrogen-bond donors (Lipinski definition) is 0. The molecule has 0 amide bonds. The second kappa shape index (κ2) is 5.17. The summed E-state index contributed by atoms with van der Waals surface area (Å²) in [5.41, 5.74) is 8.95. The summed E-state index contributed by atoms with van der Waals surface area (Å²) in [6.07, 6.45) is 0. The number of alkyl halides is 2. The van der Waals surface area contributed by atoms with Crippen LogP contribution in [0.15, 0.2) is 29.4 Å². The largest absolute Gasteiger partial charge is 0.435 e. The van der Waals surface area contributed by atoms with E-state index in [9.17, 15) is 8.78 Å². The molecule has 1 aromatic rings. The first-order valence-electron chi connectivity index (χ1n) is 4.22. The summed E-state index contributed by atoms with van der Waals surface area (Å²) in [4.78, 5) is 2.66. The van der Waals surface area contributed by atoms with E-state index in [1.165, 1.54) is 12.1 Å². The zero-order valence-electron chi connectivity index (χ0n) is 7.97. The van der Waals surface area contributed by atoms with Crippen molar-refractivity contribution < 1.29 is 13.5 Å². The third-order valence-electron chi connectivity index (χ3n) is 1.81. The quantitative estimate of drug-likeness (QED) is 0.427. The highest BCUT2D eigenvalue weighted by Crippen LogP contribution is 2.21. The molecule has 0 saturated carbocycles. The van der Waals surface area contributed by atoms with E-state index in [1.807, 2.05) is 0 Å². The van der Waals surface area contributed by atoms with Crippen molar-refractivity contribution in [3.63, 3.8) is 0 Å². The van der Waals surface area contributed by atoms with E-state index in [4.69, 9.17) is 5.53 Å². The van der Waals surface area contributed by atoms with Gasteiger partial charge in [0.1, 0.15) is 5.75 Å². The van der Waals surface area contributed by atoms with Gasteiger partial charge in [0, 0.05) is 4.91 Å². The number of ether oxygens (including phenoxy) is 1. The Morgan fingerprint density at radius 1 is 1.33 bits per heavy atom. The van der Waals surface area contributed by atoms with Crippen LogP contribution in [0.25, 0.3) is 10.4 Å². The number of rotatable bonds is 4. The summed E-state index contributed by atoms with van der Waals surface area (Å²) < 4.78 is 27.8. The molecule has 1 atom stereocenters. The minimum Gasteiger partial charge on any atom is -0.435 e. The normalized spacial score (nSPS) is 12.0. The molecule has 0 aliphatic rings. The van der Waals surface area contributed by atoms with E-state index in [1.54, 1.807) is 19.1 Å². The van der Waals surface area contributed by atoms with Crippen LogP contribution in [0.2, 0.25) is 0 Å². The molecule has 0 spiro atoms. The summed E-state index contributed by atoms with van der Waals surface area (Å²) in [6.45, 7) is -1.12. The predicted octanol–water partition coefficient (Wildman–Crippen LogP) is 3.66. The second-order valence-corrected chi connectivity index (χ2v) is 2.83. The van der Waals surface area contributed by atoms with Crippen molar-refractivity contribution in [3.8, 4) is 5.75 Å². The topological polar surface area (TPSA) is 58.0 Å². The maximum absolute atomic E-state index is 11.8. The van der Waals surface area contributed by atoms with Gasteiger partial charge in [-0.25, -0.2) is 0 Å². The van der Waals surface area contributed by atoms with Crippen molar-refractivity contribution in [1.29, 1.82) is 0 Å². The highest BCUT2D eigenvalue weighted by atomic mass is 19.3. The molecule has 0 aliphatic carbocycles. The molecule has 1 rings (SSSR count). The summed E-state index contributed by atoms with van der Waals surface area (Å²) in [5, 5.41) is 3.48. The Balaban J connectivity index is 2.75. The number of azide groups is 1. The monoisotopic (exact) mass is 213 g/mol. The molecule has 15 heavy (non-hydrogen) atoms. The fourth-order valence-electron chi connectivity index (χ4n) is 1.07. The average Bonchev–Trinajstić information content (AvgIpc) is 2.18. The van der Waals surface area contributed by atoms with Crippen molar-refractivity contribution in [3.05, 3.63) is 40.3 Å². The third-order valence-corrected chi connectivity index (χ3v) is 1.81. The van der Waals surface area contributed by atoms with Crippen LogP contribution in [0.5, 0.6) is 5.75 Å². The van der Waals surface area contributed by atoms with E-state index in [0.717, 1.165) is 5.56 Å². The second-order valence-electron chi connectivity index (χ2n) is 2.83. The van der Waals surface area contributed by atoms with Crippen LogP contribution in [-0.2, 0) is 0 Å². The van der Waals surface area contributed by atoms with Gasteiger partial charge in [0.2, 0.25) is 0 Å². The Labute approximate surface area is 85.1 Å². The Morgan fingerprint density at radius 3 is 2.40 bits per heavy atom. The van der Waals surface area contributed by atoms with Gasteiger partial charge < -0.3 is 4.74 Å². The zero-order chi connectivity index (χ0) is 11.3. The van der Waals surface area contributed by atoms with Crippen LogP contribution in [0.4, 0.5) is 8.78 Å². The Morgan fingerprint density at radius 2 is 1.93 bits per heavy atom. The summed E-state index contributed by atoms with van der Waals surface area (Å²) in [6, 6.07) is 5.65. The molecule has 0 heterocycles. The first-order valence-corrected chi connectivity index (χ1v) is 4.22. The average molecular weight is 213 g/mol. The van der Waals surface area contributed by atoms with Crippen LogP contribution >= 0.6 is 0 Å². The summed E-state index contributed by atoms with van der Waals surface area (Å²) >= 11 is 0. The van der Waals surface area contributed by atoms with Crippen molar-refractivity contribution in [1.82, 2.24) is 0 Å². The van der Waals surface area contributed by atoms with Crippen LogP contribution in [-0.4, -0.2) is 6.61 Å². The smallest absolute Gasteiger partial charge is 0.387 e. The lowest BCUT2D eigenvalue weighted by Gasteiger charge is -2.07. The highest BCUT2D eigenvalue weighted by molar-refractivity contribution is 5.28. The molecular formula is C9H9F2N3O. The lowest BCUT2D eigenvalue weighted by atomic mass is 10.1. The van der Waals surface area contributed by atoms with Crippen molar-refractivity contribution in [2.75, 3.05) is 0 Å². The minimum absolute atomic E-state index is 0.0851. The van der Waals surface area contributed by atoms with Gasteiger partial charge in [-0.3, -0.25) is 0 Å². The van der Waals surface area contributed by atoms with Crippen molar-refractivity contribution in [2.24, 2.45) is 5.11 Å². The lowest BCUT2D eigenvalue weighted by molar-refractivity contribution is -0.0498. The van der Waals surface area contributed by atoms with Gasteiger partial charge in [-0.1, -0.05) is 24.2 Å². The van der Waals surface area contributed by atoms with Crippen LogP contribution in [0, 0.1) is 0 Å². The fraction of sp³-hybridized carbons (Fsp3) is 0.333. The van der Waals surface area contributed by atoms with Gasteiger partial charge in [0.15, 0.2) is 0 Å². The van der Waals surface area contributed by atoms with Gasteiger partial charge >= 0.3 is 6.61 Å². The van der Waals surface area contributed by atoms with Gasteiger partial charge in [-0.05, 0) is 23.2 Å². The number of benzene rings is 1. The minimum atomic E-state index is -2.83. The number of halogens is 2. The maximum Gasteiger partial charge on any atom is 0.387 e. The summed E-state index contributed by atoms with van der Waals surface area (Å²) in [7, 11) is 0. The number of nitrogens with zero attached hydrogens (tertiary/aromatic N) is 3. The van der Waals surface area contributed by atoms with Gasteiger partial charge in [0.25, 0.3) is 0 Å². The van der Waals surface area contributed by atoms with Gasteiger partial charge in [0.05, 0.1) is 6.04 Å². The lowest BCUT2D eigenvalue weighted by Crippen LogP contribution is -2.01. The molecule has 0 radical (unpaired) electrons. The molecule has 0 unspecified atom stereocenters. The Kier molecular flexibility index (Phi) is 3.88. The van der Waals surface area contributed by atoms with Crippen molar-refractivity contribution in [2.45, 2.75) is 19.6 Å². The van der Waals surface area contributed by atoms with Crippen molar-refractivity contribution >= 4 is 0 Å². The van der Waals surface area contributed by atoms with Crippen LogP contribution in [0.1, 0.15) is 18.5 Å². The zero-order valence-corrected chi connectivity index (χ0v) is 7.97. The third kappa shape index (κ3) is 3.44. The van der Waals surface area contributed by atoms with E-state index >= 15 is 0 Å². The number of hydrogen-bond acceptors (Lipinski definition) is 2. The molecule has 6 heteroatoms. The van der Waals surface area contributed by atoms with Crippen LogP contribution in [0.3, 0.4) is 0 Å². The first kappa shape index (κ1) is 11.3. The van der Waals surface area contributed by atoms with E-state index in [2.05, 4.69) is 14.8 Å². The van der Waals surface area contributed by atoms with E-state index < -0.39 is 6.61 Å².